The van der Waals surface area contributed by atoms with Crippen LogP contribution in [0.15, 0.2) is 18.2 Å². The highest BCUT2D eigenvalue weighted by Gasteiger charge is 2.41. The van der Waals surface area contributed by atoms with Crippen molar-refractivity contribution in [2.45, 2.75) is 33.1 Å². The Bertz CT molecular complexity index is 573. The molecule has 0 amide bonds. The Morgan fingerprint density at radius 3 is 2.76 bits per heavy atom. The molecule has 1 unspecified atom stereocenters. The number of benzene rings is 1. The van der Waals surface area contributed by atoms with E-state index in [4.69, 9.17) is 0 Å². The van der Waals surface area contributed by atoms with Gasteiger partial charge >= 0.3 is 5.97 Å². The maximum Gasteiger partial charge on any atom is 0.311 e. The monoisotopic (exact) mass is 292 g/mol. The first-order valence-corrected chi connectivity index (χ1v) is 7.13. The summed E-state index contributed by atoms with van der Waals surface area (Å²) < 4.78 is 0. The lowest BCUT2D eigenvalue weighted by Gasteiger charge is -2.40. The van der Waals surface area contributed by atoms with E-state index in [1.165, 1.54) is 6.07 Å². The summed E-state index contributed by atoms with van der Waals surface area (Å²) in [5.74, 6) is -0.756. The highest BCUT2D eigenvalue weighted by molar-refractivity contribution is 5.76. The zero-order valence-corrected chi connectivity index (χ0v) is 12.3. The molecule has 0 saturated carbocycles. The molecule has 0 bridgehead atoms. The fraction of sp³-hybridized carbons (Fsp3) is 0.533. The molecule has 1 fully saturated rings. The van der Waals surface area contributed by atoms with Crippen LogP contribution >= 0.6 is 0 Å². The summed E-state index contributed by atoms with van der Waals surface area (Å²) in [5.41, 5.74) is 0.835. The number of rotatable bonds is 4. The lowest BCUT2D eigenvalue weighted by atomic mass is 9.77. The van der Waals surface area contributed by atoms with E-state index >= 15 is 0 Å². The molecule has 1 aliphatic heterocycles. The van der Waals surface area contributed by atoms with Gasteiger partial charge in [0.1, 0.15) is 0 Å². The van der Waals surface area contributed by atoms with Gasteiger partial charge in [0.15, 0.2) is 0 Å². The van der Waals surface area contributed by atoms with Crippen LogP contribution in [0.5, 0.6) is 0 Å². The van der Waals surface area contributed by atoms with Gasteiger partial charge in [-0.2, -0.15) is 0 Å². The van der Waals surface area contributed by atoms with Gasteiger partial charge in [-0.05, 0) is 38.3 Å². The standard InChI is InChI=1S/C15H20N2O4/c1-3-15(14(18)19)7-4-8-16(10-15)12-5-6-13(17(20)21)11(2)9-12/h5-6,9H,3-4,7-8,10H2,1-2H3,(H,18,19). The van der Waals surface area contributed by atoms with Crippen LogP contribution in [0.4, 0.5) is 11.4 Å². The molecule has 0 aromatic heterocycles. The third kappa shape index (κ3) is 2.84. The topological polar surface area (TPSA) is 83.7 Å². The quantitative estimate of drug-likeness (QED) is 0.681. The molecule has 114 valence electrons. The largest absolute Gasteiger partial charge is 0.481 e. The Morgan fingerprint density at radius 1 is 1.52 bits per heavy atom. The molecule has 0 aliphatic carbocycles. The van der Waals surface area contributed by atoms with Crippen molar-refractivity contribution < 1.29 is 14.8 Å². The van der Waals surface area contributed by atoms with Gasteiger partial charge in [-0.1, -0.05) is 6.92 Å². The van der Waals surface area contributed by atoms with Crippen molar-refractivity contribution in [3.05, 3.63) is 33.9 Å². The molecule has 1 saturated heterocycles. The van der Waals surface area contributed by atoms with E-state index in [9.17, 15) is 20.0 Å². The second-order valence-electron chi connectivity index (χ2n) is 5.69. The molecule has 0 spiro atoms. The summed E-state index contributed by atoms with van der Waals surface area (Å²) in [6.45, 7) is 4.84. The Balaban J connectivity index is 2.28. The minimum atomic E-state index is -0.756. The number of aliphatic carboxylic acids is 1. The van der Waals surface area contributed by atoms with Crippen LogP contribution in [-0.2, 0) is 4.79 Å². The van der Waals surface area contributed by atoms with Gasteiger partial charge in [0.25, 0.3) is 5.69 Å². The number of anilines is 1. The lowest BCUT2D eigenvalue weighted by Crippen LogP contribution is -2.47. The molecule has 1 atom stereocenters. The maximum atomic E-state index is 11.6. The van der Waals surface area contributed by atoms with E-state index in [-0.39, 0.29) is 5.69 Å². The van der Waals surface area contributed by atoms with Crippen LogP contribution in [0.3, 0.4) is 0 Å². The number of piperidine rings is 1. The second kappa shape index (κ2) is 5.71. The number of carbonyl (C=O) groups is 1. The summed E-state index contributed by atoms with van der Waals surface area (Å²) in [6, 6.07) is 4.97. The van der Waals surface area contributed by atoms with Crippen molar-refractivity contribution >= 4 is 17.3 Å². The number of aryl methyl sites for hydroxylation is 1. The molecule has 1 aromatic rings. The van der Waals surface area contributed by atoms with Crippen molar-refractivity contribution in [1.29, 1.82) is 0 Å². The van der Waals surface area contributed by atoms with Crippen LogP contribution in [0, 0.1) is 22.5 Å². The first kappa shape index (κ1) is 15.3. The van der Waals surface area contributed by atoms with Crippen LogP contribution < -0.4 is 4.90 Å². The van der Waals surface area contributed by atoms with Gasteiger partial charge in [0, 0.05) is 30.4 Å². The van der Waals surface area contributed by atoms with Gasteiger partial charge in [-0.3, -0.25) is 14.9 Å². The Morgan fingerprint density at radius 2 is 2.24 bits per heavy atom. The summed E-state index contributed by atoms with van der Waals surface area (Å²) in [4.78, 5) is 24.1. The van der Waals surface area contributed by atoms with Crippen LogP contribution in [0.1, 0.15) is 31.7 Å². The number of carboxylic acids is 1. The van der Waals surface area contributed by atoms with Gasteiger partial charge in [-0.15, -0.1) is 0 Å². The van der Waals surface area contributed by atoms with Crippen molar-refractivity contribution in [1.82, 2.24) is 0 Å². The third-order valence-corrected chi connectivity index (χ3v) is 4.45. The van der Waals surface area contributed by atoms with E-state index in [1.54, 1.807) is 19.1 Å². The highest BCUT2D eigenvalue weighted by atomic mass is 16.6. The fourth-order valence-corrected chi connectivity index (χ4v) is 3.01. The molecular weight excluding hydrogens is 272 g/mol. The highest BCUT2D eigenvalue weighted by Crippen LogP contribution is 2.36. The van der Waals surface area contributed by atoms with E-state index in [0.29, 0.717) is 24.9 Å². The zero-order valence-electron chi connectivity index (χ0n) is 12.3. The third-order valence-electron chi connectivity index (χ3n) is 4.45. The number of nitro benzene ring substituents is 1. The minimum absolute atomic E-state index is 0.0933. The molecule has 1 N–H and O–H groups in total. The zero-order chi connectivity index (χ0) is 15.6. The summed E-state index contributed by atoms with van der Waals surface area (Å²) in [6.07, 6.45) is 2.09. The molecule has 21 heavy (non-hydrogen) atoms. The van der Waals surface area contributed by atoms with Crippen LogP contribution in [0.2, 0.25) is 0 Å². The number of hydrogen-bond acceptors (Lipinski definition) is 4. The summed E-state index contributed by atoms with van der Waals surface area (Å²) >= 11 is 0. The molecule has 6 nitrogen and oxygen atoms in total. The van der Waals surface area contributed by atoms with E-state index < -0.39 is 16.3 Å². The normalized spacial score (nSPS) is 22.1. The molecule has 1 aromatic carbocycles. The Kier molecular flexibility index (Phi) is 4.16. The maximum absolute atomic E-state index is 11.6. The van der Waals surface area contributed by atoms with Gasteiger partial charge in [0.2, 0.25) is 0 Å². The van der Waals surface area contributed by atoms with E-state index in [2.05, 4.69) is 0 Å². The molecule has 6 heteroatoms. The van der Waals surface area contributed by atoms with Crippen molar-refractivity contribution in [3.63, 3.8) is 0 Å². The van der Waals surface area contributed by atoms with Crippen molar-refractivity contribution in [2.24, 2.45) is 5.41 Å². The van der Waals surface area contributed by atoms with Crippen molar-refractivity contribution in [2.75, 3.05) is 18.0 Å². The smallest absolute Gasteiger partial charge is 0.311 e. The number of carboxylic acid groups (broad SMARTS) is 1. The summed E-state index contributed by atoms with van der Waals surface area (Å²) in [5, 5.41) is 20.4. The van der Waals surface area contributed by atoms with E-state index in [0.717, 1.165) is 18.7 Å². The lowest BCUT2D eigenvalue weighted by molar-refractivity contribution is -0.385. The predicted octanol–water partition coefficient (Wildman–Crippen LogP) is 2.98. The molecular formula is C15H20N2O4. The minimum Gasteiger partial charge on any atom is -0.481 e. The molecule has 1 heterocycles. The van der Waals surface area contributed by atoms with Crippen molar-refractivity contribution in [3.8, 4) is 0 Å². The first-order chi connectivity index (χ1) is 9.89. The van der Waals surface area contributed by atoms with E-state index in [1.807, 2.05) is 11.8 Å². The van der Waals surface area contributed by atoms with Gasteiger partial charge in [0.05, 0.1) is 10.3 Å². The van der Waals surface area contributed by atoms with Gasteiger partial charge < -0.3 is 10.0 Å². The van der Waals surface area contributed by atoms with Crippen LogP contribution in [-0.4, -0.2) is 29.1 Å². The molecule has 0 radical (unpaired) electrons. The number of nitrogens with zero attached hydrogens (tertiary/aromatic N) is 2. The Labute approximate surface area is 123 Å². The van der Waals surface area contributed by atoms with Gasteiger partial charge in [-0.25, -0.2) is 0 Å². The number of hydrogen-bond donors (Lipinski definition) is 1. The second-order valence-corrected chi connectivity index (χ2v) is 5.69. The fourth-order valence-electron chi connectivity index (χ4n) is 3.01. The first-order valence-electron chi connectivity index (χ1n) is 7.13. The average molecular weight is 292 g/mol. The SMILES string of the molecule is CCC1(C(=O)O)CCCN(c2ccc([N+](=O)[O-])c(C)c2)C1. The predicted molar refractivity (Wildman–Crippen MR) is 79.6 cm³/mol. The number of nitro groups is 1. The average Bonchev–Trinajstić information content (AvgIpc) is 2.46. The molecule has 1 aliphatic rings. The Hall–Kier alpha value is -2.11. The van der Waals surface area contributed by atoms with Crippen LogP contribution in [0.25, 0.3) is 0 Å². The molecule has 2 rings (SSSR count). The summed E-state index contributed by atoms with van der Waals surface area (Å²) in [7, 11) is 0.